The van der Waals surface area contributed by atoms with E-state index in [2.05, 4.69) is 28.1 Å². The number of piperidine rings is 1. The number of carboxylic acids is 1. The van der Waals surface area contributed by atoms with E-state index >= 15 is 0 Å². The Morgan fingerprint density at radius 1 is 1.17 bits per heavy atom. The lowest BCUT2D eigenvalue weighted by molar-refractivity contribution is 0.0695. The topological polar surface area (TPSA) is 75.5 Å². The fraction of sp³-hybridized carbons (Fsp3) is 0.542. The number of nitrogens with zero attached hydrogens (tertiary/aromatic N) is 3. The Hall–Kier alpha value is -2.63. The molecule has 160 valence electrons. The molecule has 0 spiro atoms. The van der Waals surface area contributed by atoms with E-state index in [9.17, 15) is 9.90 Å². The Labute approximate surface area is 178 Å². The Bertz CT molecular complexity index is 872. The maximum absolute atomic E-state index is 11.5. The summed E-state index contributed by atoms with van der Waals surface area (Å²) in [5, 5.41) is 17.9. The lowest BCUT2D eigenvalue weighted by atomic mass is 9.86. The Kier molecular flexibility index (Phi) is 6.21. The number of aromatic nitrogens is 2. The van der Waals surface area contributed by atoms with Crippen molar-refractivity contribution in [2.45, 2.75) is 46.0 Å². The lowest BCUT2D eigenvalue weighted by Crippen LogP contribution is -2.37. The van der Waals surface area contributed by atoms with Crippen molar-refractivity contribution in [2.75, 3.05) is 24.6 Å². The fourth-order valence-electron chi connectivity index (χ4n) is 4.29. The van der Waals surface area contributed by atoms with E-state index in [-0.39, 0.29) is 0 Å². The Balaban J connectivity index is 1.30. The van der Waals surface area contributed by atoms with Gasteiger partial charge in [-0.2, -0.15) is 5.10 Å². The highest BCUT2D eigenvalue weighted by molar-refractivity contribution is 5.89. The predicted molar refractivity (Wildman–Crippen MR) is 116 cm³/mol. The number of aryl methyl sites for hydroxylation is 1. The van der Waals surface area contributed by atoms with Gasteiger partial charge in [0.25, 0.3) is 0 Å². The quantitative estimate of drug-likeness (QED) is 0.698. The zero-order chi connectivity index (χ0) is 21.1. The maximum atomic E-state index is 11.5. The zero-order valence-electron chi connectivity index (χ0n) is 17.9. The van der Waals surface area contributed by atoms with Gasteiger partial charge in [-0.15, -0.1) is 5.10 Å². The number of hydrogen-bond donors (Lipinski definition) is 1. The summed E-state index contributed by atoms with van der Waals surface area (Å²) in [7, 11) is 0. The first-order valence-electron chi connectivity index (χ1n) is 11.0. The normalized spacial score (nSPS) is 18.3. The number of carboxylic acid groups (broad SMARTS) is 1. The van der Waals surface area contributed by atoms with Gasteiger partial charge < -0.3 is 14.7 Å². The van der Waals surface area contributed by atoms with Crippen LogP contribution in [0.5, 0.6) is 5.75 Å². The smallest absolute Gasteiger partial charge is 0.335 e. The molecule has 1 aliphatic carbocycles. The number of ether oxygens (including phenoxy) is 1. The van der Waals surface area contributed by atoms with Crippen LogP contribution in [0.1, 0.15) is 54.2 Å². The molecule has 0 amide bonds. The van der Waals surface area contributed by atoms with E-state index in [4.69, 9.17) is 4.74 Å². The van der Waals surface area contributed by atoms with Crippen LogP contribution in [0.15, 0.2) is 30.3 Å². The second kappa shape index (κ2) is 9.02. The molecule has 30 heavy (non-hydrogen) atoms. The van der Waals surface area contributed by atoms with Crippen molar-refractivity contribution in [3.05, 3.63) is 47.2 Å². The van der Waals surface area contributed by atoms with Gasteiger partial charge in [0.05, 0.1) is 17.9 Å². The molecule has 1 atom stereocenters. The molecule has 0 radical (unpaired) electrons. The number of rotatable bonds is 8. The minimum absolute atomic E-state index is 0.411. The van der Waals surface area contributed by atoms with Gasteiger partial charge in [-0.3, -0.25) is 0 Å². The number of hydrogen-bond acceptors (Lipinski definition) is 5. The summed E-state index contributed by atoms with van der Waals surface area (Å²) >= 11 is 0. The van der Waals surface area contributed by atoms with Crippen LogP contribution in [-0.4, -0.2) is 41.0 Å². The third kappa shape index (κ3) is 5.10. The molecule has 1 N–H and O–H groups in total. The van der Waals surface area contributed by atoms with Crippen molar-refractivity contribution >= 4 is 11.8 Å². The Morgan fingerprint density at radius 2 is 1.93 bits per heavy atom. The summed E-state index contributed by atoms with van der Waals surface area (Å²) in [6.07, 6.45) is 5.48. The molecule has 1 unspecified atom stereocenters. The molecule has 6 heteroatoms. The third-order valence-corrected chi connectivity index (χ3v) is 6.48. The van der Waals surface area contributed by atoms with Crippen molar-refractivity contribution in [2.24, 2.45) is 17.8 Å². The largest absolute Gasteiger partial charge is 0.493 e. The molecule has 2 heterocycles. The van der Waals surface area contributed by atoms with Crippen molar-refractivity contribution in [3.63, 3.8) is 0 Å². The molecule has 1 aromatic heterocycles. The monoisotopic (exact) mass is 409 g/mol. The highest BCUT2D eigenvalue weighted by atomic mass is 16.5. The number of benzene rings is 1. The summed E-state index contributed by atoms with van der Waals surface area (Å²) in [6, 6.07) is 9.49. The Morgan fingerprint density at radius 3 is 2.57 bits per heavy atom. The molecule has 1 aliphatic heterocycles. The van der Waals surface area contributed by atoms with Crippen LogP contribution in [-0.2, 0) is 6.42 Å². The van der Waals surface area contributed by atoms with E-state index in [0.717, 1.165) is 55.2 Å². The number of anilines is 1. The molecular formula is C24H31N3O3. The second-order valence-corrected chi connectivity index (χ2v) is 8.92. The van der Waals surface area contributed by atoms with Gasteiger partial charge in [0.1, 0.15) is 5.75 Å². The number of aromatic carboxylic acids is 1. The molecule has 2 aliphatic rings. The lowest BCUT2D eigenvalue weighted by Gasteiger charge is -2.35. The predicted octanol–water partition coefficient (Wildman–Crippen LogP) is 4.37. The van der Waals surface area contributed by atoms with E-state index in [1.165, 1.54) is 12.8 Å². The van der Waals surface area contributed by atoms with Crippen LogP contribution in [0.3, 0.4) is 0 Å². The van der Waals surface area contributed by atoms with Gasteiger partial charge in [-0.05, 0) is 92.7 Å². The highest BCUT2D eigenvalue weighted by Gasteiger charge is 2.26. The maximum Gasteiger partial charge on any atom is 0.335 e. The van der Waals surface area contributed by atoms with Crippen LogP contribution in [0.25, 0.3) is 0 Å². The zero-order valence-corrected chi connectivity index (χ0v) is 17.9. The van der Waals surface area contributed by atoms with Crippen LogP contribution >= 0.6 is 0 Å². The van der Waals surface area contributed by atoms with Gasteiger partial charge in [-0.25, -0.2) is 4.79 Å². The molecule has 1 aromatic carbocycles. The van der Waals surface area contributed by atoms with Crippen LogP contribution in [0, 0.1) is 24.7 Å². The van der Waals surface area contributed by atoms with Gasteiger partial charge in [-0.1, -0.05) is 6.92 Å². The molecule has 1 saturated carbocycles. The number of carbonyl (C=O) groups is 1. The molecule has 6 nitrogen and oxygen atoms in total. The molecule has 0 bridgehead atoms. The van der Waals surface area contributed by atoms with E-state index < -0.39 is 5.97 Å². The summed E-state index contributed by atoms with van der Waals surface area (Å²) in [5.41, 5.74) is 2.26. The molecular weight excluding hydrogens is 378 g/mol. The first-order valence-corrected chi connectivity index (χ1v) is 11.0. The van der Waals surface area contributed by atoms with Crippen LogP contribution < -0.4 is 9.64 Å². The van der Waals surface area contributed by atoms with Crippen LogP contribution in [0.4, 0.5) is 5.82 Å². The minimum Gasteiger partial charge on any atom is -0.493 e. The molecule has 2 aromatic rings. The summed E-state index contributed by atoms with van der Waals surface area (Å²) in [6.45, 7) is 6.85. The molecule has 1 saturated heterocycles. The van der Waals surface area contributed by atoms with Crippen molar-refractivity contribution in [1.82, 2.24) is 10.2 Å². The molecule has 2 fully saturated rings. The summed E-state index contributed by atoms with van der Waals surface area (Å²) < 4.78 is 6.09. The average Bonchev–Trinajstić information content (AvgIpc) is 3.57. The summed E-state index contributed by atoms with van der Waals surface area (Å²) in [5.74, 6) is 2.60. The van der Waals surface area contributed by atoms with Crippen molar-refractivity contribution in [3.8, 4) is 5.75 Å². The van der Waals surface area contributed by atoms with E-state index in [1.807, 2.05) is 19.1 Å². The third-order valence-electron chi connectivity index (χ3n) is 6.48. The fourth-order valence-corrected chi connectivity index (χ4v) is 4.29. The van der Waals surface area contributed by atoms with Gasteiger partial charge in [0.2, 0.25) is 0 Å². The van der Waals surface area contributed by atoms with E-state index in [0.29, 0.717) is 29.9 Å². The van der Waals surface area contributed by atoms with Crippen LogP contribution in [0.2, 0.25) is 0 Å². The van der Waals surface area contributed by atoms with Gasteiger partial charge >= 0.3 is 5.97 Å². The molecule has 4 rings (SSSR count). The average molecular weight is 410 g/mol. The standard InChI is InChI=1S/C24H31N3O3/c1-16(19-9-11-27(12-10-19)23-8-3-17(2)25-26-23)15-30-21-6-7-22(24(28)29)20(14-21)13-18-4-5-18/h3,6-8,14,16,18-19H,4-5,9-13,15H2,1-2H3,(H,28,29). The SMILES string of the molecule is Cc1ccc(N2CCC(C(C)COc3ccc(C(=O)O)c(CC4CC4)c3)CC2)nn1. The second-order valence-electron chi connectivity index (χ2n) is 8.92. The van der Waals surface area contributed by atoms with Crippen molar-refractivity contribution < 1.29 is 14.6 Å². The summed E-state index contributed by atoms with van der Waals surface area (Å²) in [4.78, 5) is 13.8. The van der Waals surface area contributed by atoms with Gasteiger partial charge in [0, 0.05) is 13.1 Å². The van der Waals surface area contributed by atoms with Crippen molar-refractivity contribution in [1.29, 1.82) is 0 Å². The first kappa shape index (κ1) is 20.6. The first-order chi connectivity index (χ1) is 14.5. The van der Waals surface area contributed by atoms with E-state index in [1.54, 1.807) is 12.1 Å². The van der Waals surface area contributed by atoms with Gasteiger partial charge in [0.15, 0.2) is 5.82 Å². The highest BCUT2D eigenvalue weighted by Crippen LogP contribution is 2.35. The minimum atomic E-state index is -0.851.